The molecule has 3 atom stereocenters. The molecule has 0 aromatic heterocycles. The number of rotatable bonds is 2. The standard InChI is InChI=1S/C14H26N2O2/c1-10-8-16(9-14(2,3)18-10)13(17)7-11-5-4-6-12(11)15/h10-12H,4-9,15H2,1-3H3/t10?,11-,12+/m0/s1. The first-order chi connectivity index (χ1) is 8.37. The highest BCUT2D eigenvalue weighted by molar-refractivity contribution is 5.76. The molecule has 1 saturated carbocycles. The highest BCUT2D eigenvalue weighted by Crippen LogP contribution is 2.28. The van der Waals surface area contributed by atoms with Crippen molar-refractivity contribution < 1.29 is 9.53 Å². The molecule has 0 radical (unpaired) electrons. The van der Waals surface area contributed by atoms with E-state index < -0.39 is 0 Å². The first-order valence-electron chi connectivity index (χ1n) is 7.08. The summed E-state index contributed by atoms with van der Waals surface area (Å²) in [4.78, 5) is 14.3. The summed E-state index contributed by atoms with van der Waals surface area (Å²) in [5.41, 5.74) is 5.81. The lowest BCUT2D eigenvalue weighted by Gasteiger charge is -2.42. The molecule has 0 aromatic carbocycles. The molecule has 0 bridgehead atoms. The van der Waals surface area contributed by atoms with Crippen molar-refractivity contribution in [2.45, 2.75) is 64.2 Å². The van der Waals surface area contributed by atoms with Crippen LogP contribution in [0.4, 0.5) is 0 Å². The van der Waals surface area contributed by atoms with E-state index in [0.29, 0.717) is 25.4 Å². The Morgan fingerprint density at radius 3 is 2.72 bits per heavy atom. The van der Waals surface area contributed by atoms with Gasteiger partial charge in [-0.15, -0.1) is 0 Å². The fraction of sp³-hybridized carbons (Fsp3) is 0.929. The summed E-state index contributed by atoms with van der Waals surface area (Å²) >= 11 is 0. The molecule has 1 heterocycles. The highest BCUT2D eigenvalue weighted by atomic mass is 16.5. The first kappa shape index (κ1) is 13.8. The van der Waals surface area contributed by atoms with E-state index >= 15 is 0 Å². The van der Waals surface area contributed by atoms with E-state index in [1.54, 1.807) is 0 Å². The molecule has 4 heteroatoms. The van der Waals surface area contributed by atoms with Crippen LogP contribution in [0.25, 0.3) is 0 Å². The fourth-order valence-electron chi connectivity index (χ4n) is 3.32. The number of carbonyl (C=O) groups excluding carboxylic acids is 1. The Morgan fingerprint density at radius 1 is 1.44 bits per heavy atom. The Kier molecular flexibility index (Phi) is 3.97. The minimum Gasteiger partial charge on any atom is -0.369 e. The summed E-state index contributed by atoms with van der Waals surface area (Å²) in [5, 5.41) is 0. The van der Waals surface area contributed by atoms with Crippen molar-refractivity contribution in [2.75, 3.05) is 13.1 Å². The van der Waals surface area contributed by atoms with Crippen LogP contribution in [0.1, 0.15) is 46.5 Å². The quantitative estimate of drug-likeness (QED) is 0.813. The van der Waals surface area contributed by atoms with Crippen molar-refractivity contribution in [3.8, 4) is 0 Å². The van der Waals surface area contributed by atoms with E-state index in [4.69, 9.17) is 10.5 Å². The molecule has 1 aliphatic heterocycles. The maximum atomic E-state index is 12.3. The Labute approximate surface area is 110 Å². The minimum atomic E-state index is -0.231. The van der Waals surface area contributed by atoms with E-state index in [2.05, 4.69) is 0 Å². The van der Waals surface area contributed by atoms with Gasteiger partial charge in [0.05, 0.1) is 11.7 Å². The van der Waals surface area contributed by atoms with Gasteiger partial charge in [0.15, 0.2) is 0 Å². The van der Waals surface area contributed by atoms with Crippen LogP contribution in [0.2, 0.25) is 0 Å². The van der Waals surface area contributed by atoms with Crippen molar-refractivity contribution >= 4 is 5.91 Å². The highest BCUT2D eigenvalue weighted by Gasteiger charge is 2.35. The molecule has 1 saturated heterocycles. The molecule has 0 aromatic rings. The smallest absolute Gasteiger partial charge is 0.223 e. The van der Waals surface area contributed by atoms with Gasteiger partial charge in [0.2, 0.25) is 5.91 Å². The number of hydrogen-bond donors (Lipinski definition) is 1. The molecule has 1 amide bonds. The lowest BCUT2D eigenvalue weighted by molar-refractivity contribution is -0.158. The predicted octanol–water partition coefficient (Wildman–Crippen LogP) is 1.53. The molecule has 18 heavy (non-hydrogen) atoms. The molecule has 2 N–H and O–H groups in total. The van der Waals surface area contributed by atoms with Crippen molar-refractivity contribution in [2.24, 2.45) is 11.7 Å². The SMILES string of the molecule is CC1CN(C(=O)C[C@@H]2CCC[C@H]2N)CC(C)(C)O1. The Balaban J connectivity index is 1.92. The normalized spacial score (nSPS) is 35.8. The van der Waals surface area contributed by atoms with Crippen LogP contribution in [0.3, 0.4) is 0 Å². The van der Waals surface area contributed by atoms with Crippen molar-refractivity contribution in [3.63, 3.8) is 0 Å². The van der Waals surface area contributed by atoms with Crippen LogP contribution in [-0.4, -0.2) is 41.6 Å². The monoisotopic (exact) mass is 254 g/mol. The lowest BCUT2D eigenvalue weighted by atomic mass is 9.98. The van der Waals surface area contributed by atoms with Crippen molar-refractivity contribution in [1.82, 2.24) is 4.90 Å². The Hall–Kier alpha value is -0.610. The molecular formula is C14H26N2O2. The Morgan fingerprint density at radius 2 is 2.17 bits per heavy atom. The second-order valence-corrected chi connectivity index (χ2v) is 6.52. The third-order valence-electron chi connectivity index (χ3n) is 4.08. The van der Waals surface area contributed by atoms with Gasteiger partial charge in [-0.2, -0.15) is 0 Å². The van der Waals surface area contributed by atoms with Gasteiger partial charge < -0.3 is 15.4 Å². The predicted molar refractivity (Wildman–Crippen MR) is 71.1 cm³/mol. The maximum absolute atomic E-state index is 12.3. The first-order valence-corrected chi connectivity index (χ1v) is 7.08. The summed E-state index contributed by atoms with van der Waals surface area (Å²) in [5.74, 6) is 0.638. The average molecular weight is 254 g/mol. The van der Waals surface area contributed by atoms with E-state index in [1.165, 1.54) is 6.42 Å². The molecular weight excluding hydrogens is 228 g/mol. The molecule has 104 valence electrons. The van der Waals surface area contributed by atoms with Crippen molar-refractivity contribution in [3.05, 3.63) is 0 Å². The number of hydrogen-bond acceptors (Lipinski definition) is 3. The molecule has 1 aliphatic carbocycles. The van der Waals surface area contributed by atoms with Crippen molar-refractivity contribution in [1.29, 1.82) is 0 Å². The van der Waals surface area contributed by atoms with Gasteiger partial charge in [0, 0.05) is 25.6 Å². The maximum Gasteiger partial charge on any atom is 0.223 e. The van der Waals surface area contributed by atoms with E-state index in [0.717, 1.165) is 12.8 Å². The van der Waals surface area contributed by atoms with Gasteiger partial charge in [-0.05, 0) is 39.5 Å². The van der Waals surface area contributed by atoms with E-state index in [1.807, 2.05) is 25.7 Å². The van der Waals surface area contributed by atoms with Gasteiger partial charge in [0.1, 0.15) is 0 Å². The van der Waals surface area contributed by atoms with Gasteiger partial charge in [-0.25, -0.2) is 0 Å². The van der Waals surface area contributed by atoms with Crippen LogP contribution in [0.15, 0.2) is 0 Å². The Bertz CT molecular complexity index is 317. The lowest BCUT2D eigenvalue weighted by Crippen LogP contribution is -2.54. The molecule has 2 aliphatic rings. The molecule has 1 unspecified atom stereocenters. The third kappa shape index (κ3) is 3.23. The second kappa shape index (κ2) is 5.17. The van der Waals surface area contributed by atoms with Gasteiger partial charge in [-0.1, -0.05) is 6.42 Å². The zero-order valence-electron chi connectivity index (χ0n) is 11.8. The number of morpholine rings is 1. The summed E-state index contributed by atoms with van der Waals surface area (Å²) < 4.78 is 5.83. The number of amides is 1. The molecule has 0 spiro atoms. The van der Waals surface area contributed by atoms with Crippen LogP contribution in [0, 0.1) is 5.92 Å². The third-order valence-corrected chi connectivity index (χ3v) is 4.08. The van der Waals surface area contributed by atoms with Crippen LogP contribution in [0.5, 0.6) is 0 Å². The summed E-state index contributed by atoms with van der Waals surface area (Å²) in [6.07, 6.45) is 4.09. The molecule has 2 fully saturated rings. The number of nitrogens with two attached hydrogens (primary N) is 1. The zero-order chi connectivity index (χ0) is 13.3. The van der Waals surface area contributed by atoms with E-state index in [9.17, 15) is 4.79 Å². The largest absolute Gasteiger partial charge is 0.369 e. The number of nitrogens with zero attached hydrogens (tertiary/aromatic N) is 1. The topological polar surface area (TPSA) is 55.6 Å². The average Bonchev–Trinajstić information content (AvgIpc) is 2.61. The summed E-state index contributed by atoms with van der Waals surface area (Å²) in [7, 11) is 0. The van der Waals surface area contributed by atoms with Crippen LogP contribution in [-0.2, 0) is 9.53 Å². The number of ether oxygens (including phenoxy) is 1. The van der Waals surface area contributed by atoms with Gasteiger partial charge >= 0.3 is 0 Å². The molecule has 4 nitrogen and oxygen atoms in total. The number of carbonyl (C=O) groups is 1. The second-order valence-electron chi connectivity index (χ2n) is 6.52. The van der Waals surface area contributed by atoms with Gasteiger partial charge in [-0.3, -0.25) is 4.79 Å². The summed E-state index contributed by atoms with van der Waals surface area (Å²) in [6.45, 7) is 7.53. The zero-order valence-corrected chi connectivity index (χ0v) is 11.8. The van der Waals surface area contributed by atoms with Crippen LogP contribution < -0.4 is 5.73 Å². The van der Waals surface area contributed by atoms with Crippen LogP contribution >= 0.6 is 0 Å². The van der Waals surface area contributed by atoms with E-state index in [-0.39, 0.29) is 23.7 Å². The minimum absolute atomic E-state index is 0.120. The molecule has 2 rings (SSSR count). The van der Waals surface area contributed by atoms with Gasteiger partial charge in [0.25, 0.3) is 0 Å². The summed E-state index contributed by atoms with van der Waals surface area (Å²) in [6, 6.07) is 0.223. The fourth-order valence-corrected chi connectivity index (χ4v) is 3.32.